The molecule has 1 amide bonds. The van der Waals surface area contributed by atoms with Crippen LogP contribution < -0.4 is 10.2 Å². The van der Waals surface area contributed by atoms with E-state index in [0.717, 1.165) is 15.6 Å². The molecule has 2 aromatic carbocycles. The number of para-hydroxylation sites is 1. The van der Waals surface area contributed by atoms with Gasteiger partial charge < -0.3 is 9.84 Å². The Morgan fingerprint density at radius 3 is 2.91 bits per heavy atom. The zero-order valence-corrected chi connectivity index (χ0v) is 14.4. The Bertz CT molecular complexity index is 745. The minimum absolute atomic E-state index is 0.0560. The maximum atomic E-state index is 11.9. The topological polar surface area (TPSA) is 70.9 Å². The highest BCUT2D eigenvalue weighted by atomic mass is 79.9. The highest BCUT2D eigenvalue weighted by molar-refractivity contribution is 9.10. The van der Waals surface area contributed by atoms with Crippen LogP contribution in [0.3, 0.4) is 0 Å². The number of nitrogens with zero attached hydrogens (tertiary/aromatic N) is 1. The molecule has 0 aliphatic carbocycles. The van der Waals surface area contributed by atoms with Crippen molar-refractivity contribution in [3.63, 3.8) is 0 Å². The summed E-state index contributed by atoms with van der Waals surface area (Å²) in [6.45, 7) is 1.79. The number of benzene rings is 2. The maximum Gasteiger partial charge on any atom is 0.244 e. The summed E-state index contributed by atoms with van der Waals surface area (Å²) in [4.78, 5) is 11.9. The molecule has 0 saturated carbocycles. The summed E-state index contributed by atoms with van der Waals surface area (Å²) in [5.74, 6) is 0.485. The molecule has 0 fully saturated rings. The molecule has 0 saturated heterocycles. The van der Waals surface area contributed by atoms with Crippen LogP contribution in [0.1, 0.15) is 16.7 Å². The minimum atomic E-state index is -0.309. The van der Waals surface area contributed by atoms with Gasteiger partial charge in [0.25, 0.3) is 0 Å². The van der Waals surface area contributed by atoms with Gasteiger partial charge in [0.05, 0.1) is 19.7 Å². The fourth-order valence-corrected chi connectivity index (χ4v) is 2.43. The Hall–Kier alpha value is -2.34. The number of hydrogen-bond donors (Lipinski definition) is 2. The molecule has 0 aliphatic heterocycles. The van der Waals surface area contributed by atoms with Gasteiger partial charge in [0.2, 0.25) is 5.91 Å². The van der Waals surface area contributed by atoms with Crippen molar-refractivity contribution < 1.29 is 14.6 Å². The zero-order chi connectivity index (χ0) is 16.8. The Morgan fingerprint density at radius 2 is 2.17 bits per heavy atom. The van der Waals surface area contributed by atoms with Crippen LogP contribution in [-0.4, -0.2) is 24.3 Å². The predicted molar refractivity (Wildman–Crippen MR) is 93.0 cm³/mol. The van der Waals surface area contributed by atoms with Crippen LogP contribution in [-0.2, 0) is 11.2 Å². The normalized spacial score (nSPS) is 10.7. The smallest absolute Gasteiger partial charge is 0.244 e. The van der Waals surface area contributed by atoms with E-state index in [0.29, 0.717) is 11.3 Å². The second-order valence-electron chi connectivity index (χ2n) is 4.94. The molecule has 0 heterocycles. The average molecular weight is 377 g/mol. The molecule has 2 rings (SSSR count). The lowest BCUT2D eigenvalue weighted by molar-refractivity contribution is -0.120. The molecule has 0 radical (unpaired) electrons. The van der Waals surface area contributed by atoms with Gasteiger partial charge in [-0.15, -0.1) is 0 Å². The van der Waals surface area contributed by atoms with Crippen LogP contribution in [0.4, 0.5) is 0 Å². The quantitative estimate of drug-likeness (QED) is 0.621. The third-order valence-corrected chi connectivity index (χ3v) is 3.75. The van der Waals surface area contributed by atoms with E-state index >= 15 is 0 Å². The number of phenols is 1. The van der Waals surface area contributed by atoms with E-state index in [9.17, 15) is 9.90 Å². The van der Waals surface area contributed by atoms with Gasteiger partial charge in [-0.25, -0.2) is 5.43 Å². The van der Waals surface area contributed by atoms with Gasteiger partial charge >= 0.3 is 0 Å². The Labute approximate surface area is 143 Å². The van der Waals surface area contributed by atoms with Gasteiger partial charge in [0.15, 0.2) is 0 Å². The third-order valence-electron chi connectivity index (χ3n) is 3.26. The highest BCUT2D eigenvalue weighted by Gasteiger charge is 2.08. The number of amides is 1. The van der Waals surface area contributed by atoms with Crippen LogP contribution in [0, 0.1) is 6.92 Å². The molecule has 0 spiro atoms. The number of hydrazone groups is 1. The second kappa shape index (κ2) is 7.78. The molecule has 0 unspecified atom stereocenters. The van der Waals surface area contributed by atoms with Gasteiger partial charge in [0, 0.05) is 15.6 Å². The molecule has 0 aliphatic rings. The number of aromatic hydroxyl groups is 1. The van der Waals surface area contributed by atoms with Gasteiger partial charge in [0.1, 0.15) is 11.5 Å². The summed E-state index contributed by atoms with van der Waals surface area (Å²) in [7, 11) is 1.57. The number of nitrogens with one attached hydrogen (secondary N) is 1. The van der Waals surface area contributed by atoms with Gasteiger partial charge in [-0.2, -0.15) is 5.10 Å². The first-order valence-corrected chi connectivity index (χ1v) is 7.73. The molecule has 23 heavy (non-hydrogen) atoms. The molecule has 0 aromatic heterocycles. The summed E-state index contributed by atoms with van der Waals surface area (Å²) < 4.78 is 6.11. The van der Waals surface area contributed by atoms with Crippen molar-refractivity contribution in [1.82, 2.24) is 5.43 Å². The van der Waals surface area contributed by atoms with Crippen molar-refractivity contribution in [2.75, 3.05) is 7.11 Å². The van der Waals surface area contributed by atoms with Crippen LogP contribution in [0.2, 0.25) is 0 Å². The number of phenolic OH excluding ortho intramolecular Hbond substituents is 1. The van der Waals surface area contributed by atoms with Crippen molar-refractivity contribution in [1.29, 1.82) is 0 Å². The number of methoxy groups -OCH3 is 1. The van der Waals surface area contributed by atoms with E-state index in [1.165, 1.54) is 6.21 Å². The lowest BCUT2D eigenvalue weighted by Gasteiger charge is -2.06. The summed E-state index contributed by atoms with van der Waals surface area (Å²) in [5, 5.41) is 13.8. The number of carbonyl (C=O) groups is 1. The first kappa shape index (κ1) is 17.0. The molecule has 6 heteroatoms. The van der Waals surface area contributed by atoms with E-state index in [-0.39, 0.29) is 18.1 Å². The summed E-state index contributed by atoms with van der Waals surface area (Å²) in [5.41, 5.74) is 4.48. The van der Waals surface area contributed by atoms with E-state index in [2.05, 4.69) is 26.5 Å². The van der Waals surface area contributed by atoms with Gasteiger partial charge in [-0.3, -0.25) is 4.79 Å². The number of halogens is 1. The average Bonchev–Trinajstić information content (AvgIpc) is 2.52. The lowest BCUT2D eigenvalue weighted by Crippen LogP contribution is -2.20. The molecular formula is C17H17BrN2O3. The number of hydrogen-bond acceptors (Lipinski definition) is 4. The van der Waals surface area contributed by atoms with Crippen molar-refractivity contribution in [2.45, 2.75) is 13.3 Å². The van der Waals surface area contributed by atoms with Crippen LogP contribution in [0.25, 0.3) is 0 Å². The van der Waals surface area contributed by atoms with Gasteiger partial charge in [-0.1, -0.05) is 34.1 Å². The standard InChI is InChI=1S/C17H17BrN2O3/c1-11-4-3-5-12(17(11)22)9-16(21)20-19-10-13-8-14(18)6-7-15(13)23-2/h3-8,10,22H,9H2,1-2H3,(H,20,21)/b19-10+. The SMILES string of the molecule is COc1ccc(Br)cc1/C=N/NC(=O)Cc1cccc(C)c1O. The van der Waals surface area contributed by atoms with Crippen molar-refractivity contribution in [3.8, 4) is 11.5 Å². The summed E-state index contributed by atoms with van der Waals surface area (Å²) >= 11 is 3.37. The molecule has 120 valence electrons. The number of rotatable bonds is 5. The number of aryl methyl sites for hydroxylation is 1. The fraction of sp³-hybridized carbons (Fsp3) is 0.176. The first-order chi connectivity index (χ1) is 11.0. The molecule has 0 bridgehead atoms. The van der Waals surface area contributed by atoms with Crippen LogP contribution in [0.5, 0.6) is 11.5 Å². The molecule has 2 N–H and O–H groups in total. The highest BCUT2D eigenvalue weighted by Crippen LogP contribution is 2.22. The van der Waals surface area contributed by atoms with E-state index in [1.54, 1.807) is 38.3 Å². The van der Waals surface area contributed by atoms with Crippen LogP contribution in [0.15, 0.2) is 46.0 Å². The second-order valence-corrected chi connectivity index (χ2v) is 5.85. The van der Waals surface area contributed by atoms with E-state index in [1.807, 2.05) is 12.1 Å². The zero-order valence-electron chi connectivity index (χ0n) is 12.8. The Balaban J connectivity index is 2.02. The predicted octanol–water partition coefficient (Wildman–Crippen LogP) is 3.16. The lowest BCUT2D eigenvalue weighted by atomic mass is 10.1. The fourth-order valence-electron chi connectivity index (χ4n) is 2.05. The van der Waals surface area contributed by atoms with Crippen molar-refractivity contribution in [3.05, 3.63) is 57.6 Å². The van der Waals surface area contributed by atoms with Crippen LogP contribution >= 0.6 is 15.9 Å². The van der Waals surface area contributed by atoms with E-state index in [4.69, 9.17) is 4.74 Å². The van der Waals surface area contributed by atoms with Gasteiger partial charge in [-0.05, 0) is 30.7 Å². The Kier molecular flexibility index (Phi) is 5.76. The van der Waals surface area contributed by atoms with Crippen molar-refractivity contribution in [2.24, 2.45) is 5.10 Å². The monoisotopic (exact) mass is 376 g/mol. The first-order valence-electron chi connectivity index (χ1n) is 6.94. The summed E-state index contributed by atoms with van der Waals surface area (Å²) in [6.07, 6.45) is 1.57. The Morgan fingerprint density at radius 1 is 1.39 bits per heavy atom. The molecule has 2 aromatic rings. The van der Waals surface area contributed by atoms with Crippen molar-refractivity contribution >= 4 is 28.1 Å². The number of ether oxygens (including phenoxy) is 1. The third kappa shape index (κ3) is 4.56. The minimum Gasteiger partial charge on any atom is -0.507 e. The molecular weight excluding hydrogens is 360 g/mol. The summed E-state index contributed by atoms with van der Waals surface area (Å²) in [6, 6.07) is 10.8. The molecule has 5 nitrogen and oxygen atoms in total. The largest absolute Gasteiger partial charge is 0.507 e. The number of carbonyl (C=O) groups excluding carboxylic acids is 1. The van der Waals surface area contributed by atoms with E-state index < -0.39 is 0 Å². The molecule has 0 atom stereocenters. The maximum absolute atomic E-state index is 11.9.